The Morgan fingerprint density at radius 3 is 2.67 bits per heavy atom. The molecule has 5 heteroatoms. The molecule has 1 heterocycles. The van der Waals surface area contributed by atoms with E-state index in [2.05, 4.69) is 45.3 Å². The molecule has 1 aliphatic heterocycles. The molecular formula is C19H24N4O. The SMILES string of the molecule is CN(C)c1cccc(CNC(=O)C2CC(c3ccccc3)NN2)c1. The van der Waals surface area contributed by atoms with E-state index in [4.69, 9.17) is 0 Å². The van der Waals surface area contributed by atoms with E-state index in [-0.39, 0.29) is 18.0 Å². The van der Waals surface area contributed by atoms with Crippen LogP contribution < -0.4 is 21.1 Å². The van der Waals surface area contributed by atoms with Gasteiger partial charge in [-0.3, -0.25) is 4.79 Å². The molecule has 1 amide bonds. The maximum Gasteiger partial charge on any atom is 0.238 e. The fraction of sp³-hybridized carbons (Fsp3) is 0.316. The van der Waals surface area contributed by atoms with Crippen LogP contribution in [0.15, 0.2) is 54.6 Å². The van der Waals surface area contributed by atoms with Crippen LogP contribution in [-0.4, -0.2) is 26.0 Å². The molecule has 0 aromatic heterocycles. The summed E-state index contributed by atoms with van der Waals surface area (Å²) in [5.74, 6) is 0.0242. The lowest BCUT2D eigenvalue weighted by Gasteiger charge is -2.15. The first-order chi connectivity index (χ1) is 11.6. The van der Waals surface area contributed by atoms with Crippen molar-refractivity contribution in [2.24, 2.45) is 0 Å². The Morgan fingerprint density at radius 2 is 1.92 bits per heavy atom. The lowest BCUT2D eigenvalue weighted by Crippen LogP contribution is -2.42. The smallest absolute Gasteiger partial charge is 0.238 e. The minimum absolute atomic E-state index is 0.0242. The third-order valence-electron chi connectivity index (χ3n) is 4.32. The molecule has 3 rings (SSSR count). The molecule has 0 radical (unpaired) electrons. The molecule has 0 saturated carbocycles. The number of hydrogen-bond donors (Lipinski definition) is 3. The summed E-state index contributed by atoms with van der Waals surface area (Å²) in [6.45, 7) is 0.536. The van der Waals surface area contributed by atoms with Crippen LogP contribution in [0, 0.1) is 0 Å². The van der Waals surface area contributed by atoms with Gasteiger partial charge in [-0.15, -0.1) is 0 Å². The van der Waals surface area contributed by atoms with E-state index in [1.807, 2.05) is 44.4 Å². The van der Waals surface area contributed by atoms with Crippen LogP contribution in [0.2, 0.25) is 0 Å². The average molecular weight is 324 g/mol. The largest absolute Gasteiger partial charge is 0.378 e. The van der Waals surface area contributed by atoms with Gasteiger partial charge in [-0.2, -0.15) is 0 Å². The highest BCUT2D eigenvalue weighted by Crippen LogP contribution is 2.22. The molecule has 1 aliphatic rings. The Balaban J connectivity index is 1.54. The zero-order valence-electron chi connectivity index (χ0n) is 14.1. The van der Waals surface area contributed by atoms with E-state index in [9.17, 15) is 4.79 Å². The summed E-state index contributed by atoms with van der Waals surface area (Å²) in [6.07, 6.45) is 0.744. The zero-order chi connectivity index (χ0) is 16.9. The molecular weight excluding hydrogens is 300 g/mol. The lowest BCUT2D eigenvalue weighted by molar-refractivity contribution is -0.123. The van der Waals surface area contributed by atoms with E-state index in [0.29, 0.717) is 6.54 Å². The van der Waals surface area contributed by atoms with E-state index in [1.165, 1.54) is 5.56 Å². The first-order valence-electron chi connectivity index (χ1n) is 8.23. The molecule has 0 aliphatic carbocycles. The highest BCUT2D eigenvalue weighted by atomic mass is 16.2. The Bertz CT molecular complexity index is 687. The number of anilines is 1. The van der Waals surface area contributed by atoms with Gasteiger partial charge in [0.05, 0.1) is 0 Å². The molecule has 24 heavy (non-hydrogen) atoms. The highest BCUT2D eigenvalue weighted by Gasteiger charge is 2.29. The molecule has 2 aromatic carbocycles. The second-order valence-corrected chi connectivity index (χ2v) is 6.32. The van der Waals surface area contributed by atoms with Gasteiger partial charge in [0.2, 0.25) is 5.91 Å². The highest BCUT2D eigenvalue weighted by molar-refractivity contribution is 5.82. The molecule has 2 unspecified atom stereocenters. The summed E-state index contributed by atoms with van der Waals surface area (Å²) in [6, 6.07) is 18.3. The normalized spacial score (nSPS) is 19.9. The van der Waals surface area contributed by atoms with Crippen LogP contribution in [0.4, 0.5) is 5.69 Å². The van der Waals surface area contributed by atoms with E-state index >= 15 is 0 Å². The van der Waals surface area contributed by atoms with Crippen LogP contribution in [0.1, 0.15) is 23.6 Å². The van der Waals surface area contributed by atoms with E-state index < -0.39 is 0 Å². The van der Waals surface area contributed by atoms with Crippen molar-refractivity contribution >= 4 is 11.6 Å². The van der Waals surface area contributed by atoms with Crippen molar-refractivity contribution in [2.45, 2.75) is 25.0 Å². The molecule has 2 atom stereocenters. The van der Waals surface area contributed by atoms with Gasteiger partial charge < -0.3 is 10.2 Å². The van der Waals surface area contributed by atoms with Crippen LogP contribution in [-0.2, 0) is 11.3 Å². The van der Waals surface area contributed by atoms with Gasteiger partial charge in [0.15, 0.2) is 0 Å². The number of nitrogens with zero attached hydrogens (tertiary/aromatic N) is 1. The third-order valence-corrected chi connectivity index (χ3v) is 4.32. The van der Waals surface area contributed by atoms with Gasteiger partial charge in [0.25, 0.3) is 0 Å². The minimum atomic E-state index is -0.216. The van der Waals surface area contributed by atoms with Crippen molar-refractivity contribution in [3.8, 4) is 0 Å². The number of carbonyl (C=O) groups excluding carboxylic acids is 1. The van der Waals surface area contributed by atoms with Crippen LogP contribution >= 0.6 is 0 Å². The first-order valence-corrected chi connectivity index (χ1v) is 8.23. The number of nitrogens with one attached hydrogen (secondary N) is 3. The van der Waals surface area contributed by atoms with Crippen molar-refractivity contribution in [2.75, 3.05) is 19.0 Å². The molecule has 0 bridgehead atoms. The third kappa shape index (κ3) is 3.93. The van der Waals surface area contributed by atoms with Gasteiger partial charge in [0, 0.05) is 32.4 Å². The monoisotopic (exact) mass is 324 g/mol. The molecule has 2 aromatic rings. The summed E-state index contributed by atoms with van der Waals surface area (Å²) in [5.41, 5.74) is 9.73. The maximum atomic E-state index is 12.4. The number of rotatable bonds is 5. The van der Waals surface area contributed by atoms with Gasteiger partial charge in [-0.05, 0) is 29.7 Å². The van der Waals surface area contributed by atoms with Crippen LogP contribution in [0.25, 0.3) is 0 Å². The molecule has 0 spiro atoms. The van der Waals surface area contributed by atoms with Crippen molar-refractivity contribution in [3.05, 3.63) is 65.7 Å². The number of amides is 1. The zero-order valence-corrected chi connectivity index (χ0v) is 14.1. The predicted octanol–water partition coefficient (Wildman–Crippen LogP) is 1.98. The van der Waals surface area contributed by atoms with E-state index in [1.54, 1.807) is 0 Å². The molecule has 3 N–H and O–H groups in total. The summed E-state index contributed by atoms with van der Waals surface area (Å²) in [5, 5.41) is 3.02. The van der Waals surface area contributed by atoms with Gasteiger partial charge in [0.1, 0.15) is 6.04 Å². The first kappa shape index (κ1) is 16.5. The summed E-state index contributed by atoms with van der Waals surface area (Å²) < 4.78 is 0. The number of benzene rings is 2. The lowest BCUT2D eigenvalue weighted by atomic mass is 10.0. The Labute approximate surface area is 143 Å². The number of carbonyl (C=O) groups is 1. The van der Waals surface area contributed by atoms with Gasteiger partial charge >= 0.3 is 0 Å². The van der Waals surface area contributed by atoms with Crippen molar-refractivity contribution < 1.29 is 4.79 Å². The molecule has 1 saturated heterocycles. The summed E-state index contributed by atoms with van der Waals surface area (Å²) in [4.78, 5) is 14.4. The van der Waals surface area contributed by atoms with Crippen LogP contribution in [0.3, 0.4) is 0 Å². The molecule has 5 nitrogen and oxygen atoms in total. The summed E-state index contributed by atoms with van der Waals surface area (Å²) >= 11 is 0. The second kappa shape index (κ2) is 7.47. The van der Waals surface area contributed by atoms with Crippen LogP contribution in [0.5, 0.6) is 0 Å². The fourth-order valence-corrected chi connectivity index (χ4v) is 2.89. The fourth-order valence-electron chi connectivity index (χ4n) is 2.89. The predicted molar refractivity (Wildman–Crippen MR) is 96.5 cm³/mol. The Hall–Kier alpha value is -2.37. The Kier molecular flexibility index (Phi) is 5.13. The van der Waals surface area contributed by atoms with Gasteiger partial charge in [-0.1, -0.05) is 42.5 Å². The van der Waals surface area contributed by atoms with E-state index in [0.717, 1.165) is 17.7 Å². The van der Waals surface area contributed by atoms with Crippen molar-refractivity contribution in [1.29, 1.82) is 0 Å². The standard InChI is InChI=1S/C19H24N4O/c1-23(2)16-10-6-7-14(11-16)13-20-19(24)18-12-17(21-22-18)15-8-4-3-5-9-15/h3-11,17-18,21-22H,12-13H2,1-2H3,(H,20,24). The maximum absolute atomic E-state index is 12.4. The average Bonchev–Trinajstić information content (AvgIpc) is 3.11. The topological polar surface area (TPSA) is 56.4 Å². The van der Waals surface area contributed by atoms with Gasteiger partial charge in [-0.25, -0.2) is 10.9 Å². The van der Waals surface area contributed by atoms with Crippen molar-refractivity contribution in [3.63, 3.8) is 0 Å². The molecule has 1 fully saturated rings. The molecule has 126 valence electrons. The Morgan fingerprint density at radius 1 is 1.12 bits per heavy atom. The minimum Gasteiger partial charge on any atom is -0.378 e. The van der Waals surface area contributed by atoms with Crippen molar-refractivity contribution in [1.82, 2.24) is 16.2 Å². The number of hydrogen-bond acceptors (Lipinski definition) is 4. The quantitative estimate of drug-likeness (QED) is 0.787. The summed E-state index contributed by atoms with van der Waals surface area (Å²) in [7, 11) is 4.02. The number of hydrazine groups is 1. The second-order valence-electron chi connectivity index (χ2n) is 6.32.